The third-order valence-electron chi connectivity index (χ3n) is 4.96. The molecule has 0 N–H and O–H groups in total. The highest BCUT2D eigenvalue weighted by Crippen LogP contribution is 2.24. The molecule has 3 rings (SSSR count). The SMILES string of the molecule is Cc1cc(OCCCC(=O)Oc2ccc(OCc3ccccc3)cc2)ccc1C(C)C. The molecule has 0 radical (unpaired) electrons. The second-order valence-electron chi connectivity index (χ2n) is 7.84. The van der Waals surface area contributed by atoms with Crippen molar-refractivity contribution in [2.75, 3.05) is 6.61 Å². The van der Waals surface area contributed by atoms with Crippen LogP contribution >= 0.6 is 0 Å². The zero-order valence-corrected chi connectivity index (χ0v) is 18.5. The quantitative estimate of drug-likeness (QED) is 0.215. The van der Waals surface area contributed by atoms with Gasteiger partial charge in [0.15, 0.2) is 0 Å². The van der Waals surface area contributed by atoms with E-state index in [-0.39, 0.29) is 5.97 Å². The van der Waals surface area contributed by atoms with Crippen LogP contribution in [0.1, 0.15) is 49.3 Å². The van der Waals surface area contributed by atoms with Crippen LogP contribution in [0, 0.1) is 6.92 Å². The molecule has 4 heteroatoms. The molecule has 3 aromatic rings. The molecular formula is C27H30O4. The minimum Gasteiger partial charge on any atom is -0.494 e. The number of hydrogen-bond acceptors (Lipinski definition) is 4. The first kappa shape index (κ1) is 22.4. The topological polar surface area (TPSA) is 44.8 Å². The summed E-state index contributed by atoms with van der Waals surface area (Å²) in [4.78, 5) is 12.1. The summed E-state index contributed by atoms with van der Waals surface area (Å²) in [5.74, 6) is 2.30. The van der Waals surface area contributed by atoms with Crippen molar-refractivity contribution in [2.24, 2.45) is 0 Å². The van der Waals surface area contributed by atoms with E-state index in [4.69, 9.17) is 14.2 Å². The van der Waals surface area contributed by atoms with E-state index in [0.29, 0.717) is 37.7 Å². The zero-order valence-electron chi connectivity index (χ0n) is 18.5. The highest BCUT2D eigenvalue weighted by molar-refractivity contribution is 5.72. The van der Waals surface area contributed by atoms with Gasteiger partial charge in [-0.1, -0.05) is 50.2 Å². The number of carbonyl (C=O) groups is 1. The monoisotopic (exact) mass is 418 g/mol. The molecule has 0 atom stereocenters. The van der Waals surface area contributed by atoms with Crippen molar-refractivity contribution >= 4 is 5.97 Å². The van der Waals surface area contributed by atoms with Gasteiger partial charge in [-0.15, -0.1) is 0 Å². The molecule has 0 saturated heterocycles. The maximum absolute atomic E-state index is 12.1. The number of esters is 1. The Balaban J connectivity index is 1.37. The van der Waals surface area contributed by atoms with Crippen LogP contribution in [0.3, 0.4) is 0 Å². The third-order valence-corrected chi connectivity index (χ3v) is 4.96. The van der Waals surface area contributed by atoms with Gasteiger partial charge in [0, 0.05) is 6.42 Å². The Labute approximate surface area is 184 Å². The summed E-state index contributed by atoms with van der Waals surface area (Å²) in [6.45, 7) is 7.43. The van der Waals surface area contributed by atoms with E-state index < -0.39 is 0 Å². The Hall–Kier alpha value is -3.27. The zero-order chi connectivity index (χ0) is 22.1. The molecule has 0 aliphatic heterocycles. The van der Waals surface area contributed by atoms with Gasteiger partial charge in [0.05, 0.1) is 6.61 Å². The molecule has 3 aromatic carbocycles. The number of hydrogen-bond donors (Lipinski definition) is 0. The third kappa shape index (κ3) is 7.18. The van der Waals surface area contributed by atoms with Crippen LogP contribution in [0.25, 0.3) is 0 Å². The lowest BCUT2D eigenvalue weighted by Gasteiger charge is -2.12. The van der Waals surface area contributed by atoms with Crippen LogP contribution < -0.4 is 14.2 Å². The number of benzene rings is 3. The highest BCUT2D eigenvalue weighted by Gasteiger charge is 2.07. The maximum Gasteiger partial charge on any atom is 0.311 e. The molecule has 0 amide bonds. The number of rotatable bonds is 10. The predicted octanol–water partition coefficient (Wildman–Crippen LogP) is 6.46. The van der Waals surface area contributed by atoms with Gasteiger partial charge in [0.1, 0.15) is 23.9 Å². The van der Waals surface area contributed by atoms with Crippen LogP contribution in [0.4, 0.5) is 0 Å². The smallest absolute Gasteiger partial charge is 0.311 e. The summed E-state index contributed by atoms with van der Waals surface area (Å²) in [5.41, 5.74) is 3.65. The Morgan fingerprint density at radius 3 is 2.19 bits per heavy atom. The Morgan fingerprint density at radius 2 is 1.52 bits per heavy atom. The van der Waals surface area contributed by atoms with E-state index >= 15 is 0 Å². The molecule has 0 heterocycles. The first-order valence-corrected chi connectivity index (χ1v) is 10.7. The normalized spacial score (nSPS) is 10.7. The van der Waals surface area contributed by atoms with Crippen LogP contribution in [-0.4, -0.2) is 12.6 Å². The summed E-state index contributed by atoms with van der Waals surface area (Å²) in [6.07, 6.45) is 0.900. The molecule has 0 fully saturated rings. The van der Waals surface area contributed by atoms with Gasteiger partial charge >= 0.3 is 5.97 Å². The number of aryl methyl sites for hydroxylation is 1. The fourth-order valence-electron chi connectivity index (χ4n) is 3.32. The van der Waals surface area contributed by atoms with Gasteiger partial charge < -0.3 is 14.2 Å². The van der Waals surface area contributed by atoms with Crippen molar-refractivity contribution in [2.45, 2.75) is 46.1 Å². The summed E-state index contributed by atoms with van der Waals surface area (Å²) >= 11 is 0. The lowest BCUT2D eigenvalue weighted by atomic mass is 9.98. The second-order valence-corrected chi connectivity index (χ2v) is 7.84. The molecule has 0 aromatic heterocycles. The molecule has 0 saturated carbocycles. The summed E-state index contributed by atoms with van der Waals surface area (Å²) in [5, 5.41) is 0. The summed E-state index contributed by atoms with van der Waals surface area (Å²) in [6, 6.07) is 23.2. The highest BCUT2D eigenvalue weighted by atomic mass is 16.5. The molecule has 0 unspecified atom stereocenters. The van der Waals surface area contributed by atoms with Gasteiger partial charge in [0.2, 0.25) is 0 Å². The molecular weight excluding hydrogens is 388 g/mol. The standard InChI is InChI=1S/C27H30O4/c1-20(2)26-16-15-25(18-21(26)3)29-17-7-10-27(28)31-24-13-11-23(12-14-24)30-19-22-8-5-4-6-9-22/h4-6,8-9,11-16,18,20H,7,10,17,19H2,1-3H3. The predicted molar refractivity (Wildman–Crippen MR) is 123 cm³/mol. The molecule has 4 nitrogen and oxygen atoms in total. The van der Waals surface area contributed by atoms with Crippen molar-refractivity contribution in [3.8, 4) is 17.2 Å². The van der Waals surface area contributed by atoms with Gasteiger partial charge in [-0.2, -0.15) is 0 Å². The lowest BCUT2D eigenvalue weighted by Crippen LogP contribution is -2.10. The molecule has 0 spiro atoms. The van der Waals surface area contributed by atoms with Gasteiger partial charge in [-0.3, -0.25) is 4.79 Å². The summed E-state index contributed by atoms with van der Waals surface area (Å²) in [7, 11) is 0. The average Bonchev–Trinajstić information content (AvgIpc) is 2.77. The average molecular weight is 419 g/mol. The Morgan fingerprint density at radius 1 is 0.839 bits per heavy atom. The van der Waals surface area contributed by atoms with E-state index in [0.717, 1.165) is 17.1 Å². The van der Waals surface area contributed by atoms with Crippen molar-refractivity contribution < 1.29 is 19.0 Å². The van der Waals surface area contributed by atoms with E-state index in [1.54, 1.807) is 24.3 Å². The van der Waals surface area contributed by atoms with E-state index in [1.165, 1.54) is 11.1 Å². The van der Waals surface area contributed by atoms with Gasteiger partial charge in [-0.05, 0) is 72.4 Å². The largest absolute Gasteiger partial charge is 0.494 e. The molecule has 162 valence electrons. The minimum absolute atomic E-state index is 0.270. The van der Waals surface area contributed by atoms with Crippen molar-refractivity contribution in [1.82, 2.24) is 0 Å². The second kappa shape index (κ2) is 11.2. The van der Waals surface area contributed by atoms with E-state index in [9.17, 15) is 4.79 Å². The van der Waals surface area contributed by atoms with E-state index in [1.807, 2.05) is 36.4 Å². The molecule has 0 bridgehead atoms. The van der Waals surface area contributed by atoms with Crippen LogP contribution in [0.2, 0.25) is 0 Å². The number of carbonyl (C=O) groups excluding carboxylic acids is 1. The Bertz CT molecular complexity index is 962. The minimum atomic E-state index is -0.270. The van der Waals surface area contributed by atoms with Crippen LogP contribution in [-0.2, 0) is 11.4 Å². The molecule has 0 aliphatic rings. The van der Waals surface area contributed by atoms with Crippen molar-refractivity contribution in [3.05, 3.63) is 89.5 Å². The fraction of sp³-hybridized carbons (Fsp3) is 0.296. The van der Waals surface area contributed by atoms with Crippen molar-refractivity contribution in [1.29, 1.82) is 0 Å². The molecule has 31 heavy (non-hydrogen) atoms. The first-order valence-electron chi connectivity index (χ1n) is 10.7. The van der Waals surface area contributed by atoms with E-state index in [2.05, 4.69) is 32.9 Å². The number of ether oxygens (including phenoxy) is 3. The van der Waals surface area contributed by atoms with Crippen LogP contribution in [0.15, 0.2) is 72.8 Å². The molecule has 0 aliphatic carbocycles. The first-order chi connectivity index (χ1) is 15.0. The Kier molecular flexibility index (Phi) is 8.11. The lowest BCUT2D eigenvalue weighted by molar-refractivity contribution is -0.134. The maximum atomic E-state index is 12.1. The fourth-order valence-corrected chi connectivity index (χ4v) is 3.32. The van der Waals surface area contributed by atoms with Crippen LogP contribution in [0.5, 0.6) is 17.2 Å². The summed E-state index contributed by atoms with van der Waals surface area (Å²) < 4.78 is 16.9. The van der Waals surface area contributed by atoms with Gasteiger partial charge in [0.25, 0.3) is 0 Å². The van der Waals surface area contributed by atoms with Crippen molar-refractivity contribution in [3.63, 3.8) is 0 Å². The van der Waals surface area contributed by atoms with Gasteiger partial charge in [-0.25, -0.2) is 0 Å².